The first kappa shape index (κ1) is 24.0. The minimum Gasteiger partial charge on any atom is -0.497 e. The van der Waals surface area contributed by atoms with Gasteiger partial charge in [-0.3, -0.25) is 4.79 Å². The van der Waals surface area contributed by atoms with E-state index in [-0.39, 0.29) is 5.91 Å². The number of methoxy groups -OCH3 is 1. The minimum absolute atomic E-state index is 0.105. The number of anilines is 1. The van der Waals surface area contributed by atoms with E-state index < -0.39 is 0 Å². The quantitative estimate of drug-likeness (QED) is 0.368. The molecule has 5 rings (SSSR count). The molecule has 184 valence electrons. The minimum atomic E-state index is 0.105. The highest BCUT2D eigenvalue weighted by atomic mass is 32.1. The van der Waals surface area contributed by atoms with Crippen molar-refractivity contribution in [3.05, 3.63) is 101 Å². The average molecular weight is 499 g/mol. The van der Waals surface area contributed by atoms with Crippen molar-refractivity contribution in [2.75, 3.05) is 38.2 Å². The Morgan fingerprint density at radius 3 is 2.28 bits per heavy atom. The smallest absolute Gasteiger partial charge is 0.253 e. The van der Waals surface area contributed by atoms with Gasteiger partial charge in [0.15, 0.2) is 5.13 Å². The van der Waals surface area contributed by atoms with E-state index in [1.54, 1.807) is 18.4 Å². The molecule has 0 bridgehead atoms. The summed E-state index contributed by atoms with van der Waals surface area (Å²) in [5.41, 5.74) is 5.13. The molecule has 1 saturated heterocycles. The Labute approximate surface area is 216 Å². The van der Waals surface area contributed by atoms with E-state index in [0.29, 0.717) is 6.54 Å². The number of aromatic nitrogens is 1. The van der Waals surface area contributed by atoms with Crippen LogP contribution >= 0.6 is 11.3 Å². The van der Waals surface area contributed by atoms with Gasteiger partial charge in [0, 0.05) is 55.8 Å². The average Bonchev–Trinajstić information content (AvgIpc) is 3.44. The number of benzene rings is 3. The highest BCUT2D eigenvalue weighted by Crippen LogP contribution is 2.30. The Balaban J connectivity index is 1.35. The van der Waals surface area contributed by atoms with E-state index in [4.69, 9.17) is 9.72 Å². The second-order valence-electron chi connectivity index (χ2n) is 8.82. The third-order valence-electron chi connectivity index (χ3n) is 6.34. The lowest BCUT2D eigenvalue weighted by Crippen LogP contribution is -2.46. The third kappa shape index (κ3) is 5.75. The van der Waals surface area contributed by atoms with E-state index >= 15 is 0 Å². The summed E-state index contributed by atoms with van der Waals surface area (Å²) in [5.74, 6) is 0.937. The fourth-order valence-corrected chi connectivity index (χ4v) is 5.16. The second-order valence-corrected chi connectivity index (χ2v) is 9.66. The first-order valence-corrected chi connectivity index (χ1v) is 13.1. The molecule has 6 nitrogen and oxygen atoms in total. The Hall–Kier alpha value is -3.68. The maximum atomic E-state index is 12.8. The van der Waals surface area contributed by atoms with Crippen molar-refractivity contribution >= 4 is 22.4 Å². The fraction of sp³-hybridized carbons (Fsp3) is 0.241. The molecule has 36 heavy (non-hydrogen) atoms. The van der Waals surface area contributed by atoms with Crippen LogP contribution in [0.15, 0.2) is 84.2 Å². The first-order chi connectivity index (χ1) is 17.7. The predicted molar refractivity (Wildman–Crippen MR) is 146 cm³/mol. The van der Waals surface area contributed by atoms with Crippen molar-refractivity contribution < 1.29 is 9.53 Å². The molecule has 0 aliphatic carbocycles. The number of amides is 1. The zero-order chi connectivity index (χ0) is 24.7. The summed E-state index contributed by atoms with van der Waals surface area (Å²) in [5, 5.41) is 6.36. The van der Waals surface area contributed by atoms with Crippen molar-refractivity contribution in [2.24, 2.45) is 0 Å². The maximum absolute atomic E-state index is 12.8. The van der Waals surface area contributed by atoms with Gasteiger partial charge in [0.05, 0.1) is 12.8 Å². The van der Waals surface area contributed by atoms with E-state index in [9.17, 15) is 4.79 Å². The van der Waals surface area contributed by atoms with Gasteiger partial charge in [-0.1, -0.05) is 42.5 Å². The molecule has 0 saturated carbocycles. The number of carbonyl (C=O) groups is 1. The molecule has 7 heteroatoms. The summed E-state index contributed by atoms with van der Waals surface area (Å²) in [6, 6.07) is 26.4. The van der Waals surface area contributed by atoms with Crippen LogP contribution in [0.3, 0.4) is 0 Å². The van der Waals surface area contributed by atoms with Crippen LogP contribution in [0, 0.1) is 0 Å². The van der Waals surface area contributed by atoms with Gasteiger partial charge in [-0.15, -0.1) is 11.3 Å². The lowest BCUT2D eigenvalue weighted by atomic mass is 10.1. The number of rotatable bonds is 8. The van der Waals surface area contributed by atoms with Gasteiger partial charge < -0.3 is 19.9 Å². The number of ether oxygens (including phenoxy) is 1. The number of thiazole rings is 1. The zero-order valence-corrected chi connectivity index (χ0v) is 21.2. The summed E-state index contributed by atoms with van der Waals surface area (Å²) in [6.45, 7) is 4.66. The normalized spacial score (nSPS) is 13.4. The number of hydrogen-bond acceptors (Lipinski definition) is 6. The zero-order valence-electron chi connectivity index (χ0n) is 20.4. The highest BCUT2D eigenvalue weighted by molar-refractivity contribution is 7.14. The molecule has 1 amide bonds. The molecule has 0 atom stereocenters. The van der Waals surface area contributed by atoms with Crippen LogP contribution in [-0.4, -0.2) is 49.1 Å². The summed E-state index contributed by atoms with van der Waals surface area (Å²) < 4.78 is 5.29. The van der Waals surface area contributed by atoms with Crippen molar-refractivity contribution in [1.82, 2.24) is 15.2 Å². The number of nitrogens with one attached hydrogen (secondary N) is 1. The van der Waals surface area contributed by atoms with Crippen molar-refractivity contribution in [3.63, 3.8) is 0 Å². The monoisotopic (exact) mass is 498 g/mol. The molecular weight excluding hydrogens is 468 g/mol. The lowest BCUT2D eigenvalue weighted by Gasteiger charge is -2.27. The van der Waals surface area contributed by atoms with Gasteiger partial charge in [0.2, 0.25) is 0 Å². The summed E-state index contributed by atoms with van der Waals surface area (Å²) >= 11 is 1.64. The van der Waals surface area contributed by atoms with Crippen LogP contribution in [-0.2, 0) is 13.1 Å². The Kier molecular flexibility index (Phi) is 7.59. The van der Waals surface area contributed by atoms with Crippen LogP contribution in [0.2, 0.25) is 0 Å². The van der Waals surface area contributed by atoms with Crippen molar-refractivity contribution in [3.8, 4) is 17.0 Å². The van der Waals surface area contributed by atoms with Crippen LogP contribution in [0.5, 0.6) is 5.75 Å². The molecule has 1 fully saturated rings. The molecule has 1 aliphatic rings. The summed E-state index contributed by atoms with van der Waals surface area (Å²) in [7, 11) is 1.67. The standard InChI is InChI=1S/C29H30N4O2S/c1-35-26-13-11-24(12-14-26)27-21-36-29(31-27)33(19-22-5-3-2-4-6-22)20-23-7-9-25(10-8-23)28(34)32-17-15-30-16-18-32/h2-14,21,30H,15-20H2,1H3. The van der Waals surface area contributed by atoms with Crippen LogP contribution in [0.4, 0.5) is 5.13 Å². The van der Waals surface area contributed by atoms with E-state index in [0.717, 1.165) is 66.0 Å². The number of nitrogens with zero attached hydrogens (tertiary/aromatic N) is 3. The maximum Gasteiger partial charge on any atom is 0.253 e. The predicted octanol–water partition coefficient (Wildman–Crippen LogP) is 5.07. The van der Waals surface area contributed by atoms with Gasteiger partial charge in [-0.25, -0.2) is 4.98 Å². The number of piperazine rings is 1. The molecule has 1 N–H and O–H groups in total. The van der Waals surface area contributed by atoms with Crippen LogP contribution < -0.4 is 15.0 Å². The van der Waals surface area contributed by atoms with Crippen LogP contribution in [0.1, 0.15) is 21.5 Å². The van der Waals surface area contributed by atoms with Gasteiger partial charge in [0.1, 0.15) is 5.75 Å². The van der Waals surface area contributed by atoms with E-state index in [2.05, 4.69) is 52.0 Å². The molecule has 0 unspecified atom stereocenters. The summed E-state index contributed by atoms with van der Waals surface area (Å²) in [6.07, 6.45) is 0. The van der Waals surface area contributed by atoms with Gasteiger partial charge in [-0.2, -0.15) is 0 Å². The molecule has 2 heterocycles. The van der Waals surface area contributed by atoms with Crippen molar-refractivity contribution in [2.45, 2.75) is 13.1 Å². The molecule has 1 aliphatic heterocycles. The molecular formula is C29H30N4O2S. The van der Waals surface area contributed by atoms with Crippen molar-refractivity contribution in [1.29, 1.82) is 0 Å². The SMILES string of the molecule is COc1ccc(-c2csc(N(Cc3ccccc3)Cc3ccc(C(=O)N4CCNCC4)cc3)n2)cc1. The topological polar surface area (TPSA) is 57.7 Å². The molecule has 1 aromatic heterocycles. The van der Waals surface area contributed by atoms with Crippen LogP contribution in [0.25, 0.3) is 11.3 Å². The fourth-order valence-electron chi connectivity index (χ4n) is 4.32. The largest absolute Gasteiger partial charge is 0.497 e. The van der Waals surface area contributed by atoms with Gasteiger partial charge in [-0.05, 0) is 47.5 Å². The molecule has 4 aromatic rings. The Morgan fingerprint density at radius 2 is 1.61 bits per heavy atom. The number of carbonyl (C=O) groups excluding carboxylic acids is 1. The van der Waals surface area contributed by atoms with E-state index in [1.165, 1.54) is 5.56 Å². The number of hydrogen-bond donors (Lipinski definition) is 1. The third-order valence-corrected chi connectivity index (χ3v) is 7.24. The Bertz CT molecular complexity index is 1270. The lowest BCUT2D eigenvalue weighted by molar-refractivity contribution is 0.0736. The molecule has 0 spiro atoms. The summed E-state index contributed by atoms with van der Waals surface area (Å²) in [4.78, 5) is 22.0. The van der Waals surface area contributed by atoms with E-state index in [1.807, 2.05) is 47.4 Å². The highest BCUT2D eigenvalue weighted by Gasteiger charge is 2.18. The molecule has 3 aromatic carbocycles. The van der Waals surface area contributed by atoms with Gasteiger partial charge >= 0.3 is 0 Å². The second kappa shape index (κ2) is 11.4. The molecule has 0 radical (unpaired) electrons. The first-order valence-electron chi connectivity index (χ1n) is 12.2. The Morgan fingerprint density at radius 1 is 0.944 bits per heavy atom. The van der Waals surface area contributed by atoms with Gasteiger partial charge in [0.25, 0.3) is 5.91 Å².